The van der Waals surface area contributed by atoms with Crippen molar-refractivity contribution in [2.45, 2.75) is 45.3 Å². The van der Waals surface area contributed by atoms with Gasteiger partial charge in [-0.3, -0.25) is 4.90 Å². The number of nitriles is 1. The number of sulfone groups is 1. The minimum atomic E-state index is -2.89. The van der Waals surface area contributed by atoms with Gasteiger partial charge >= 0.3 is 0 Å². The number of hydrogen-bond donors (Lipinski definition) is 2. The highest BCUT2D eigenvalue weighted by Crippen LogP contribution is 2.44. The van der Waals surface area contributed by atoms with Gasteiger partial charge in [0.25, 0.3) is 0 Å². The van der Waals surface area contributed by atoms with Crippen LogP contribution in [0.4, 0.5) is 0 Å². The lowest BCUT2D eigenvalue weighted by Gasteiger charge is -2.51. The fraction of sp³-hybridized carbons (Fsp3) is 0.481. The lowest BCUT2D eigenvalue weighted by Crippen LogP contribution is -2.58. The van der Waals surface area contributed by atoms with E-state index in [0.29, 0.717) is 24.1 Å². The summed E-state index contributed by atoms with van der Waals surface area (Å²) in [7, 11) is -2.89. The van der Waals surface area contributed by atoms with E-state index in [1.54, 1.807) is 12.4 Å². The average molecular weight is 493 g/mol. The number of H-pyrrole nitrogens is 1. The highest BCUT2D eigenvalue weighted by molar-refractivity contribution is 7.91. The third-order valence-corrected chi connectivity index (χ3v) is 9.94. The van der Waals surface area contributed by atoms with Crippen LogP contribution >= 0.6 is 0 Å². The smallest absolute Gasteiger partial charge is 0.150 e. The lowest BCUT2D eigenvalue weighted by molar-refractivity contribution is -0.121. The summed E-state index contributed by atoms with van der Waals surface area (Å²) in [5.41, 5.74) is 4.15. The molecule has 0 saturated carbocycles. The van der Waals surface area contributed by atoms with Gasteiger partial charge in [0.2, 0.25) is 0 Å². The van der Waals surface area contributed by atoms with Gasteiger partial charge < -0.3 is 10.1 Å². The number of pyridine rings is 1. The van der Waals surface area contributed by atoms with Gasteiger partial charge in [0.1, 0.15) is 21.6 Å². The fourth-order valence-corrected chi connectivity index (χ4v) is 7.75. The van der Waals surface area contributed by atoms with E-state index in [2.05, 4.69) is 40.9 Å². The molecule has 3 atom stereocenters. The molecule has 0 spiro atoms. The maximum atomic E-state index is 12.1. The van der Waals surface area contributed by atoms with Crippen LogP contribution in [0.5, 0.6) is 0 Å². The van der Waals surface area contributed by atoms with Gasteiger partial charge in [-0.2, -0.15) is 5.26 Å². The topological polar surface area (TPSA) is 110 Å². The molecule has 4 heterocycles. The second kappa shape index (κ2) is 8.74. The second-order valence-corrected chi connectivity index (χ2v) is 12.7. The third-order valence-electron chi connectivity index (χ3n) is 8.22. The summed E-state index contributed by atoms with van der Waals surface area (Å²) in [6.45, 7) is 7.72. The van der Waals surface area contributed by atoms with Crippen LogP contribution in [0.2, 0.25) is 0 Å². The molecule has 0 aliphatic carbocycles. The van der Waals surface area contributed by atoms with Crippen LogP contribution in [0.15, 0.2) is 36.7 Å². The van der Waals surface area contributed by atoms with Crippen molar-refractivity contribution < 1.29 is 13.5 Å². The molecule has 0 radical (unpaired) electrons. The van der Waals surface area contributed by atoms with Crippen molar-refractivity contribution in [3.05, 3.63) is 53.3 Å². The molecule has 0 amide bonds. The molecule has 2 saturated heterocycles. The minimum Gasteiger partial charge on any atom is -0.384 e. The molecule has 8 heteroatoms. The minimum absolute atomic E-state index is 0.00293. The molecular weight excluding hydrogens is 460 g/mol. The fourth-order valence-electron chi connectivity index (χ4n) is 6.28. The highest BCUT2D eigenvalue weighted by Gasteiger charge is 2.48. The van der Waals surface area contributed by atoms with E-state index in [0.717, 1.165) is 40.7 Å². The molecule has 2 aliphatic heterocycles. The van der Waals surface area contributed by atoms with Crippen LogP contribution in [0.1, 0.15) is 43.4 Å². The SMILES string of the molecule is Cc1cc(-c2ccnc3[nH]cc(C#N)c23)ccc1[C@@]1(O)[C@H](C)CN(C2CCS(=O)(=O)CC2)C[C@@H]1C. The van der Waals surface area contributed by atoms with Crippen molar-refractivity contribution in [3.63, 3.8) is 0 Å². The predicted molar refractivity (Wildman–Crippen MR) is 136 cm³/mol. The predicted octanol–water partition coefficient (Wildman–Crippen LogP) is 3.76. The van der Waals surface area contributed by atoms with Crippen LogP contribution in [-0.2, 0) is 15.4 Å². The summed E-state index contributed by atoms with van der Waals surface area (Å²) in [5, 5.41) is 22.4. The first-order valence-electron chi connectivity index (χ1n) is 12.3. The number of aliphatic hydroxyl groups is 1. The third kappa shape index (κ3) is 4.06. The van der Waals surface area contributed by atoms with E-state index in [9.17, 15) is 18.8 Å². The Morgan fingerprint density at radius 1 is 1.17 bits per heavy atom. The molecule has 2 aromatic heterocycles. The molecular formula is C27H32N4O3S. The second-order valence-electron chi connectivity index (χ2n) is 10.4. The zero-order valence-electron chi connectivity index (χ0n) is 20.5. The van der Waals surface area contributed by atoms with Gasteiger partial charge in [-0.15, -0.1) is 0 Å². The normalized spacial score (nSPS) is 27.6. The Balaban J connectivity index is 1.44. The van der Waals surface area contributed by atoms with E-state index in [1.165, 1.54) is 0 Å². The Morgan fingerprint density at radius 2 is 1.86 bits per heavy atom. The van der Waals surface area contributed by atoms with E-state index >= 15 is 0 Å². The first kappa shape index (κ1) is 24.0. The number of hydrogen-bond acceptors (Lipinski definition) is 6. The maximum absolute atomic E-state index is 12.1. The largest absolute Gasteiger partial charge is 0.384 e. The summed E-state index contributed by atoms with van der Waals surface area (Å²) >= 11 is 0. The standard InChI is InChI=1S/C27H32N4O3S/c1-17-12-20(23-6-9-29-26-25(23)21(13-28)14-30-26)4-5-24(17)27(32)18(2)15-31(16-19(27)3)22-7-10-35(33,34)11-8-22/h4-6,9,12,14,18-19,22,32H,7-8,10-11,15-16H2,1-3H3,(H,29,30)/t18-,19+,27-. The lowest BCUT2D eigenvalue weighted by atomic mass is 9.69. The number of aromatic amines is 1. The van der Waals surface area contributed by atoms with Gasteiger partial charge in [0, 0.05) is 48.7 Å². The highest BCUT2D eigenvalue weighted by atomic mass is 32.2. The van der Waals surface area contributed by atoms with Crippen molar-refractivity contribution in [2.75, 3.05) is 24.6 Å². The Labute approximate surface area is 206 Å². The monoisotopic (exact) mass is 492 g/mol. The van der Waals surface area contributed by atoms with Gasteiger partial charge in [-0.25, -0.2) is 13.4 Å². The molecule has 184 valence electrons. The first-order valence-corrected chi connectivity index (χ1v) is 14.1. The Bertz CT molecular complexity index is 1400. The van der Waals surface area contributed by atoms with Crippen LogP contribution in [0.25, 0.3) is 22.2 Å². The summed E-state index contributed by atoms with van der Waals surface area (Å²) in [4.78, 5) is 9.81. The number of benzene rings is 1. The molecule has 2 fully saturated rings. The maximum Gasteiger partial charge on any atom is 0.150 e. The van der Waals surface area contributed by atoms with Crippen molar-refractivity contribution in [1.29, 1.82) is 5.26 Å². The van der Waals surface area contributed by atoms with E-state index < -0.39 is 15.4 Å². The number of likely N-dealkylation sites (tertiary alicyclic amines) is 1. The van der Waals surface area contributed by atoms with Crippen LogP contribution in [-0.4, -0.2) is 59.0 Å². The zero-order valence-corrected chi connectivity index (χ0v) is 21.3. The van der Waals surface area contributed by atoms with Gasteiger partial charge in [-0.1, -0.05) is 32.0 Å². The van der Waals surface area contributed by atoms with E-state index in [4.69, 9.17) is 0 Å². The summed E-state index contributed by atoms with van der Waals surface area (Å²) in [6, 6.07) is 10.6. The number of nitrogens with one attached hydrogen (secondary N) is 1. The molecule has 2 aliphatic rings. The molecule has 0 unspecified atom stereocenters. The summed E-state index contributed by atoms with van der Waals surface area (Å²) in [6.07, 6.45) is 4.78. The Hall–Kier alpha value is -2.73. The van der Waals surface area contributed by atoms with E-state index in [1.807, 2.05) is 25.1 Å². The van der Waals surface area contributed by atoms with E-state index in [-0.39, 0.29) is 29.4 Å². The molecule has 2 N–H and O–H groups in total. The van der Waals surface area contributed by atoms with Crippen molar-refractivity contribution in [3.8, 4) is 17.2 Å². The molecule has 3 aromatic rings. The molecule has 5 rings (SSSR count). The van der Waals surface area contributed by atoms with Crippen molar-refractivity contribution >= 4 is 20.9 Å². The number of aromatic nitrogens is 2. The first-order chi connectivity index (χ1) is 16.6. The quantitative estimate of drug-likeness (QED) is 0.576. The van der Waals surface area contributed by atoms with Gasteiger partial charge in [-0.05, 0) is 48.1 Å². The number of aryl methyl sites for hydroxylation is 1. The Kier molecular flexibility index (Phi) is 5.99. The van der Waals surface area contributed by atoms with Crippen molar-refractivity contribution in [2.24, 2.45) is 11.8 Å². The van der Waals surface area contributed by atoms with Crippen LogP contribution in [0.3, 0.4) is 0 Å². The van der Waals surface area contributed by atoms with Gasteiger partial charge in [0.05, 0.1) is 22.7 Å². The van der Waals surface area contributed by atoms with Crippen LogP contribution in [0, 0.1) is 30.1 Å². The summed E-state index contributed by atoms with van der Waals surface area (Å²) in [5.74, 6) is 0.519. The zero-order chi connectivity index (χ0) is 25.0. The summed E-state index contributed by atoms with van der Waals surface area (Å²) < 4.78 is 23.8. The molecule has 0 bridgehead atoms. The van der Waals surface area contributed by atoms with Gasteiger partial charge in [0.15, 0.2) is 0 Å². The average Bonchev–Trinajstić information content (AvgIpc) is 3.25. The number of piperidine rings is 1. The number of nitrogens with zero attached hydrogens (tertiary/aromatic N) is 3. The van der Waals surface area contributed by atoms with Crippen LogP contribution < -0.4 is 0 Å². The molecule has 1 aromatic carbocycles. The molecule has 7 nitrogen and oxygen atoms in total. The number of rotatable bonds is 3. The molecule has 35 heavy (non-hydrogen) atoms. The Morgan fingerprint density at radius 3 is 2.49 bits per heavy atom. The van der Waals surface area contributed by atoms with Crippen molar-refractivity contribution in [1.82, 2.24) is 14.9 Å². The number of fused-ring (bicyclic) bond motifs is 1.